The van der Waals surface area contributed by atoms with E-state index >= 15 is 0 Å². The fourth-order valence-corrected chi connectivity index (χ4v) is 3.62. The predicted molar refractivity (Wildman–Crippen MR) is 149 cm³/mol. The molecule has 0 aliphatic carbocycles. The summed E-state index contributed by atoms with van der Waals surface area (Å²) in [6, 6.07) is 8.46. The van der Waals surface area contributed by atoms with E-state index in [0.29, 0.717) is 91.8 Å². The monoisotopic (exact) mass is 546 g/mol. The summed E-state index contributed by atoms with van der Waals surface area (Å²) < 4.78 is 38.3. The summed E-state index contributed by atoms with van der Waals surface area (Å²) in [7, 11) is 0. The Morgan fingerprint density at radius 2 is 0.892 bits per heavy atom. The van der Waals surface area contributed by atoms with Crippen molar-refractivity contribution >= 4 is 11.6 Å². The van der Waals surface area contributed by atoms with E-state index in [2.05, 4.69) is 31.2 Å². The van der Waals surface area contributed by atoms with Gasteiger partial charge in [-0.2, -0.15) is 0 Å². The summed E-state index contributed by atoms with van der Waals surface area (Å²) >= 11 is 5.51. The van der Waals surface area contributed by atoms with E-state index in [-0.39, 0.29) is 0 Å². The van der Waals surface area contributed by atoms with Crippen LogP contribution in [0, 0.1) is 0 Å². The third-order valence-electron chi connectivity index (χ3n) is 5.57. The molecule has 0 atom stereocenters. The maximum Gasteiger partial charge on any atom is 0.119 e. The summed E-state index contributed by atoms with van der Waals surface area (Å²) in [4.78, 5) is 0. The van der Waals surface area contributed by atoms with Crippen molar-refractivity contribution in [1.29, 1.82) is 0 Å². The zero-order chi connectivity index (χ0) is 26.5. The van der Waals surface area contributed by atoms with Crippen molar-refractivity contribution in [3.8, 4) is 5.75 Å². The van der Waals surface area contributed by atoms with Gasteiger partial charge in [0, 0.05) is 5.88 Å². The lowest BCUT2D eigenvalue weighted by Gasteiger charge is -2.09. The largest absolute Gasteiger partial charge is 0.491 e. The van der Waals surface area contributed by atoms with E-state index in [1.54, 1.807) is 0 Å². The van der Waals surface area contributed by atoms with Crippen LogP contribution in [0.2, 0.25) is 0 Å². The lowest BCUT2D eigenvalue weighted by atomic mass is 10.0. The molecule has 0 fully saturated rings. The molecule has 0 bridgehead atoms. The average Bonchev–Trinajstić information content (AvgIpc) is 2.92. The fourth-order valence-electron chi connectivity index (χ4n) is 3.51. The first-order chi connectivity index (χ1) is 18.4. The van der Waals surface area contributed by atoms with Crippen LogP contribution in [0.15, 0.2) is 24.3 Å². The highest BCUT2D eigenvalue weighted by Gasteiger charge is 1.98. The van der Waals surface area contributed by atoms with Crippen molar-refractivity contribution in [2.75, 3.05) is 91.8 Å². The van der Waals surface area contributed by atoms with Gasteiger partial charge in [-0.05, 0) is 30.5 Å². The number of ether oxygens (including phenoxy) is 7. The number of hydrogen-bond donors (Lipinski definition) is 0. The Hall–Kier alpha value is -0.930. The van der Waals surface area contributed by atoms with Gasteiger partial charge in [-0.25, -0.2) is 0 Å². The highest BCUT2D eigenvalue weighted by atomic mass is 35.5. The molecule has 0 amide bonds. The molecule has 0 radical (unpaired) electrons. The topological polar surface area (TPSA) is 64.6 Å². The van der Waals surface area contributed by atoms with Crippen molar-refractivity contribution in [3.63, 3.8) is 0 Å². The molecule has 1 aromatic rings. The van der Waals surface area contributed by atoms with Crippen LogP contribution in [-0.4, -0.2) is 91.8 Å². The molecule has 1 aromatic carbocycles. The Labute approximate surface area is 230 Å². The number of halogens is 1. The summed E-state index contributed by atoms with van der Waals surface area (Å²) in [5.74, 6) is 1.40. The second kappa shape index (κ2) is 28.1. The van der Waals surface area contributed by atoms with Gasteiger partial charge in [0.15, 0.2) is 0 Å². The Kier molecular flexibility index (Phi) is 25.9. The normalized spacial score (nSPS) is 11.3. The molecule has 1 rings (SSSR count). The molecule has 0 N–H and O–H groups in total. The number of aryl methyl sites for hydroxylation is 1. The summed E-state index contributed by atoms with van der Waals surface area (Å²) in [6.07, 6.45) is 10.6. The molecule has 0 saturated heterocycles. The third-order valence-corrected chi connectivity index (χ3v) is 5.72. The first-order valence-corrected chi connectivity index (χ1v) is 14.6. The maximum atomic E-state index is 5.76. The molecular formula is C29H51ClO7. The SMILES string of the molecule is CCCCCCCCCc1ccc(OCCOCCOCCOCCOCCOCCOCCCl)cc1. The van der Waals surface area contributed by atoms with Crippen molar-refractivity contribution in [1.82, 2.24) is 0 Å². The third kappa shape index (κ3) is 23.9. The van der Waals surface area contributed by atoms with Crippen LogP contribution in [0.3, 0.4) is 0 Å². The molecule has 0 saturated carbocycles. The molecule has 7 nitrogen and oxygen atoms in total. The summed E-state index contributed by atoms with van der Waals surface area (Å²) in [5, 5.41) is 0. The van der Waals surface area contributed by atoms with Crippen molar-refractivity contribution in [3.05, 3.63) is 29.8 Å². The lowest BCUT2D eigenvalue weighted by molar-refractivity contribution is -0.0172. The zero-order valence-corrected chi connectivity index (χ0v) is 23.9. The Bertz CT molecular complexity index is 574. The molecule has 0 aliphatic heterocycles. The van der Waals surface area contributed by atoms with Gasteiger partial charge in [0.1, 0.15) is 12.4 Å². The minimum absolute atomic E-state index is 0.507. The minimum Gasteiger partial charge on any atom is -0.491 e. The lowest BCUT2D eigenvalue weighted by Crippen LogP contribution is -2.15. The molecular weight excluding hydrogens is 496 g/mol. The van der Waals surface area contributed by atoms with Crippen LogP contribution in [0.4, 0.5) is 0 Å². The van der Waals surface area contributed by atoms with Crippen LogP contribution in [-0.2, 0) is 34.8 Å². The number of unbranched alkanes of at least 4 members (excludes halogenated alkanes) is 6. The van der Waals surface area contributed by atoms with Crippen LogP contribution < -0.4 is 4.74 Å². The molecule has 0 heterocycles. The van der Waals surface area contributed by atoms with Gasteiger partial charge in [0.25, 0.3) is 0 Å². The minimum atomic E-state index is 0.507. The summed E-state index contributed by atoms with van der Waals surface area (Å²) in [5.41, 5.74) is 1.39. The fraction of sp³-hybridized carbons (Fsp3) is 0.793. The smallest absolute Gasteiger partial charge is 0.119 e. The second-order valence-corrected chi connectivity index (χ2v) is 9.10. The molecule has 216 valence electrons. The van der Waals surface area contributed by atoms with E-state index in [4.69, 9.17) is 44.8 Å². The van der Waals surface area contributed by atoms with Gasteiger partial charge in [-0.3, -0.25) is 0 Å². The van der Waals surface area contributed by atoms with E-state index in [9.17, 15) is 0 Å². The van der Waals surface area contributed by atoms with E-state index in [1.807, 2.05) is 0 Å². The molecule has 0 unspecified atom stereocenters. The Morgan fingerprint density at radius 1 is 0.486 bits per heavy atom. The summed E-state index contributed by atoms with van der Waals surface area (Å²) in [6.45, 7) is 9.33. The first-order valence-electron chi connectivity index (χ1n) is 14.1. The van der Waals surface area contributed by atoms with E-state index in [1.165, 1.54) is 50.5 Å². The van der Waals surface area contributed by atoms with Gasteiger partial charge in [-0.15, -0.1) is 11.6 Å². The Morgan fingerprint density at radius 3 is 1.35 bits per heavy atom. The second-order valence-electron chi connectivity index (χ2n) is 8.73. The van der Waals surface area contributed by atoms with E-state index in [0.717, 1.165) is 12.2 Å². The standard InChI is InChI=1S/C29H51ClO7/c1-2-3-4-5-6-7-8-9-28-10-12-29(13-11-28)37-27-26-36-25-24-35-23-22-34-21-20-33-19-18-32-17-16-31-15-14-30/h10-13H,2-9,14-27H2,1H3. The number of alkyl halides is 1. The number of rotatable bonds is 29. The van der Waals surface area contributed by atoms with Crippen molar-refractivity contribution in [2.24, 2.45) is 0 Å². The molecule has 0 spiro atoms. The molecule has 37 heavy (non-hydrogen) atoms. The first kappa shape index (κ1) is 34.1. The van der Waals surface area contributed by atoms with Gasteiger partial charge in [-0.1, -0.05) is 57.6 Å². The predicted octanol–water partition coefficient (Wildman–Crippen LogP) is 5.70. The molecule has 8 heteroatoms. The number of benzene rings is 1. The molecule has 0 aromatic heterocycles. The van der Waals surface area contributed by atoms with Crippen LogP contribution in [0.25, 0.3) is 0 Å². The number of hydrogen-bond acceptors (Lipinski definition) is 7. The maximum absolute atomic E-state index is 5.76. The highest BCUT2D eigenvalue weighted by Crippen LogP contribution is 2.15. The molecule has 0 aliphatic rings. The van der Waals surface area contributed by atoms with Gasteiger partial charge in [0.2, 0.25) is 0 Å². The van der Waals surface area contributed by atoms with Crippen molar-refractivity contribution in [2.45, 2.75) is 58.3 Å². The van der Waals surface area contributed by atoms with Gasteiger partial charge >= 0.3 is 0 Å². The highest BCUT2D eigenvalue weighted by molar-refractivity contribution is 6.17. The Balaban J connectivity index is 1.79. The van der Waals surface area contributed by atoms with Crippen LogP contribution in [0.1, 0.15) is 57.4 Å². The quantitative estimate of drug-likeness (QED) is 0.0943. The van der Waals surface area contributed by atoms with Gasteiger partial charge < -0.3 is 33.2 Å². The van der Waals surface area contributed by atoms with Crippen molar-refractivity contribution < 1.29 is 33.2 Å². The van der Waals surface area contributed by atoms with Crippen LogP contribution >= 0.6 is 11.6 Å². The van der Waals surface area contributed by atoms with Gasteiger partial charge in [0.05, 0.1) is 79.3 Å². The zero-order valence-electron chi connectivity index (χ0n) is 23.1. The van der Waals surface area contributed by atoms with E-state index < -0.39 is 0 Å². The van der Waals surface area contributed by atoms with Crippen LogP contribution in [0.5, 0.6) is 5.75 Å². The average molecular weight is 547 g/mol.